The molecule has 8 nitrogen and oxygen atoms in total. The Bertz CT molecular complexity index is 1200. The number of hydrogen-bond donors (Lipinski definition) is 2. The molecule has 2 fully saturated rings. The molecule has 0 saturated carbocycles. The van der Waals surface area contributed by atoms with Gasteiger partial charge in [0.2, 0.25) is 0 Å². The second kappa shape index (κ2) is 8.91. The number of morpholine rings is 1. The molecule has 3 heterocycles. The number of rotatable bonds is 3. The number of nitrogens with one attached hydrogen (secondary N) is 1. The number of anilines is 4. The van der Waals surface area contributed by atoms with Crippen LogP contribution in [0.1, 0.15) is 25.0 Å². The third-order valence-corrected chi connectivity index (χ3v) is 8.96. The molecule has 0 bridgehead atoms. The molecular weight excluding hydrogens is 470 g/mol. The third-order valence-electron chi connectivity index (χ3n) is 6.79. The first-order chi connectivity index (χ1) is 16.1. The summed E-state index contributed by atoms with van der Waals surface area (Å²) in [6, 6.07) is 8.97. The van der Waals surface area contributed by atoms with Gasteiger partial charge in [0.15, 0.2) is 0 Å². The van der Waals surface area contributed by atoms with Gasteiger partial charge in [-0.05, 0) is 63.1 Å². The van der Waals surface area contributed by atoms with Gasteiger partial charge in [-0.15, -0.1) is 0 Å². The van der Waals surface area contributed by atoms with Gasteiger partial charge in [-0.2, -0.15) is 12.7 Å². The fourth-order valence-electron chi connectivity index (χ4n) is 5.15. The van der Waals surface area contributed by atoms with Gasteiger partial charge in [0.25, 0.3) is 10.2 Å². The van der Waals surface area contributed by atoms with E-state index in [4.69, 9.17) is 9.88 Å². The Kier molecular flexibility index (Phi) is 6.22. The summed E-state index contributed by atoms with van der Waals surface area (Å²) >= 11 is 1.80. The maximum absolute atomic E-state index is 11.7. The van der Waals surface area contributed by atoms with Crippen LogP contribution in [-0.2, 0) is 14.9 Å². The molecule has 3 aliphatic rings. The Morgan fingerprint density at radius 2 is 1.38 bits per heavy atom. The van der Waals surface area contributed by atoms with E-state index in [2.05, 4.69) is 67.1 Å². The van der Waals surface area contributed by atoms with Gasteiger partial charge in [0, 0.05) is 60.4 Å². The van der Waals surface area contributed by atoms with Gasteiger partial charge in [0.05, 0.1) is 23.6 Å². The van der Waals surface area contributed by atoms with Crippen LogP contribution >= 0.6 is 11.8 Å². The first kappa shape index (κ1) is 23.7. The van der Waals surface area contributed by atoms with Crippen molar-refractivity contribution in [3.8, 4) is 0 Å². The number of nitrogens with two attached hydrogens (primary N) is 1. The lowest BCUT2D eigenvalue weighted by molar-refractivity contribution is -0.00523. The quantitative estimate of drug-likeness (QED) is 0.566. The van der Waals surface area contributed by atoms with E-state index in [0.717, 1.165) is 24.5 Å². The maximum Gasteiger partial charge on any atom is 0.277 e. The molecule has 0 spiro atoms. The highest BCUT2D eigenvalue weighted by Crippen LogP contribution is 2.49. The van der Waals surface area contributed by atoms with Crippen LogP contribution in [0.5, 0.6) is 0 Å². The van der Waals surface area contributed by atoms with Crippen LogP contribution in [0, 0.1) is 13.8 Å². The molecule has 3 N–H and O–H groups in total. The summed E-state index contributed by atoms with van der Waals surface area (Å²) in [6.07, 6.45) is 0.429. The van der Waals surface area contributed by atoms with Crippen molar-refractivity contribution in [2.45, 2.75) is 49.7 Å². The summed E-state index contributed by atoms with van der Waals surface area (Å²) in [5, 5.41) is 9.00. The van der Waals surface area contributed by atoms with Crippen LogP contribution in [0.2, 0.25) is 0 Å². The van der Waals surface area contributed by atoms with Gasteiger partial charge in [0.1, 0.15) is 0 Å². The van der Waals surface area contributed by atoms with E-state index >= 15 is 0 Å². The van der Waals surface area contributed by atoms with Crippen molar-refractivity contribution in [3.63, 3.8) is 0 Å². The molecule has 2 aromatic carbocycles. The molecule has 0 unspecified atom stereocenters. The number of aryl methyl sites for hydroxylation is 2. The van der Waals surface area contributed by atoms with Crippen molar-refractivity contribution in [3.05, 3.63) is 35.4 Å². The van der Waals surface area contributed by atoms with Crippen molar-refractivity contribution in [1.29, 1.82) is 0 Å². The van der Waals surface area contributed by atoms with Gasteiger partial charge < -0.3 is 19.9 Å². The van der Waals surface area contributed by atoms with Gasteiger partial charge in [-0.1, -0.05) is 11.8 Å². The summed E-state index contributed by atoms with van der Waals surface area (Å²) in [5.74, 6) is 0. The minimum Gasteiger partial charge on any atom is -0.372 e. The average molecular weight is 504 g/mol. The number of hydrogen-bond acceptors (Lipinski definition) is 7. The standard InChI is InChI=1S/C24H33N5O3S2/c1-15-9-19(27-5-7-29(8-6-27)34(25,30)31)11-21-23(15)26-24-16(2)10-20(12-22(24)33-21)28-13-17(3)32-18(4)14-28/h9-12,17-18,26H,5-8,13-14H2,1-4H3,(H2,25,30,31)/t17-,18+. The lowest BCUT2D eigenvalue weighted by Crippen LogP contribution is -2.50. The smallest absolute Gasteiger partial charge is 0.277 e. The zero-order chi connectivity index (χ0) is 24.2. The predicted octanol–water partition coefficient (Wildman–Crippen LogP) is 3.45. The number of benzene rings is 2. The summed E-state index contributed by atoms with van der Waals surface area (Å²) in [4.78, 5) is 7.08. The van der Waals surface area contributed by atoms with Gasteiger partial charge in [-0.25, -0.2) is 5.14 Å². The highest BCUT2D eigenvalue weighted by molar-refractivity contribution is 7.99. The van der Waals surface area contributed by atoms with E-state index in [1.54, 1.807) is 11.8 Å². The molecule has 0 amide bonds. The zero-order valence-electron chi connectivity index (χ0n) is 20.2. The van der Waals surface area contributed by atoms with E-state index in [1.165, 1.54) is 36.6 Å². The molecule has 2 aromatic rings. The largest absolute Gasteiger partial charge is 0.372 e. The number of ether oxygens (including phenoxy) is 1. The summed E-state index contributed by atoms with van der Waals surface area (Å²) < 4.78 is 30.6. The molecule has 2 atom stereocenters. The normalized spacial score (nSPS) is 23.3. The summed E-state index contributed by atoms with van der Waals surface area (Å²) in [7, 11) is -3.63. The van der Waals surface area contributed by atoms with Crippen molar-refractivity contribution < 1.29 is 13.2 Å². The molecule has 10 heteroatoms. The fourth-order valence-corrected chi connectivity index (χ4v) is 7.05. The Balaban J connectivity index is 1.40. The molecule has 3 aliphatic heterocycles. The lowest BCUT2D eigenvalue weighted by atomic mass is 10.1. The second-order valence-corrected chi connectivity index (χ2v) is 12.2. The van der Waals surface area contributed by atoms with E-state index in [-0.39, 0.29) is 12.2 Å². The molecule has 5 rings (SSSR count). The number of piperazine rings is 1. The van der Waals surface area contributed by atoms with Crippen LogP contribution in [0.15, 0.2) is 34.1 Å². The minimum atomic E-state index is -3.63. The topological polar surface area (TPSA) is 91.1 Å². The SMILES string of the molecule is Cc1cc(N2CCN(S(N)(=O)=O)CC2)cc2c1Nc1c(C)cc(N3C[C@@H](C)O[C@@H](C)C3)cc1S2. The molecular formula is C24H33N5O3S2. The van der Waals surface area contributed by atoms with Crippen LogP contribution in [0.4, 0.5) is 22.7 Å². The van der Waals surface area contributed by atoms with Crippen molar-refractivity contribution in [1.82, 2.24) is 4.31 Å². The monoisotopic (exact) mass is 503 g/mol. The molecule has 34 heavy (non-hydrogen) atoms. The third kappa shape index (κ3) is 4.61. The molecule has 0 aromatic heterocycles. The van der Waals surface area contributed by atoms with Crippen molar-refractivity contribution >= 4 is 44.7 Å². The summed E-state index contributed by atoms with van der Waals surface area (Å²) in [6.45, 7) is 12.4. The Labute approximate surface area is 206 Å². The fraction of sp³-hybridized carbons (Fsp3) is 0.500. The minimum absolute atomic E-state index is 0.214. The van der Waals surface area contributed by atoms with Crippen LogP contribution < -0.4 is 20.3 Å². The molecule has 2 saturated heterocycles. The number of fused-ring (bicyclic) bond motifs is 2. The molecule has 0 radical (unpaired) electrons. The van der Waals surface area contributed by atoms with Gasteiger partial charge >= 0.3 is 0 Å². The van der Waals surface area contributed by atoms with E-state index in [1.807, 2.05) is 0 Å². The van der Waals surface area contributed by atoms with Crippen LogP contribution in [-0.4, -0.2) is 64.2 Å². The van der Waals surface area contributed by atoms with E-state index in [0.29, 0.717) is 26.2 Å². The zero-order valence-corrected chi connectivity index (χ0v) is 21.8. The lowest BCUT2D eigenvalue weighted by Gasteiger charge is -2.38. The van der Waals surface area contributed by atoms with Crippen LogP contribution in [0.3, 0.4) is 0 Å². The molecule has 184 valence electrons. The highest BCUT2D eigenvalue weighted by Gasteiger charge is 2.28. The molecule has 0 aliphatic carbocycles. The number of nitrogens with zero attached hydrogens (tertiary/aromatic N) is 3. The Morgan fingerprint density at radius 1 is 0.882 bits per heavy atom. The maximum atomic E-state index is 11.7. The predicted molar refractivity (Wildman–Crippen MR) is 139 cm³/mol. The van der Waals surface area contributed by atoms with E-state index < -0.39 is 10.2 Å². The van der Waals surface area contributed by atoms with Crippen molar-refractivity contribution in [2.24, 2.45) is 5.14 Å². The second-order valence-electron chi connectivity index (χ2n) is 9.59. The van der Waals surface area contributed by atoms with Crippen LogP contribution in [0.25, 0.3) is 0 Å². The van der Waals surface area contributed by atoms with Gasteiger partial charge in [-0.3, -0.25) is 0 Å². The first-order valence-corrected chi connectivity index (χ1v) is 14.1. The highest BCUT2D eigenvalue weighted by atomic mass is 32.2. The Hall–Kier alpha value is -1.98. The Morgan fingerprint density at radius 3 is 1.88 bits per heavy atom. The van der Waals surface area contributed by atoms with E-state index in [9.17, 15) is 8.42 Å². The summed E-state index contributed by atoms with van der Waals surface area (Å²) in [5.41, 5.74) is 7.09. The first-order valence-electron chi connectivity index (χ1n) is 11.8. The average Bonchev–Trinajstić information content (AvgIpc) is 2.77. The van der Waals surface area contributed by atoms with Crippen molar-refractivity contribution in [2.75, 3.05) is 54.4 Å².